The van der Waals surface area contributed by atoms with Gasteiger partial charge in [-0.3, -0.25) is 9.69 Å². The Kier molecular flexibility index (Phi) is 3.07. The van der Waals surface area contributed by atoms with Gasteiger partial charge in [-0.2, -0.15) is 0 Å². The first-order chi connectivity index (χ1) is 9.14. The highest BCUT2D eigenvalue weighted by molar-refractivity contribution is 5.87. The van der Waals surface area contributed by atoms with Gasteiger partial charge in [-0.15, -0.1) is 0 Å². The van der Waals surface area contributed by atoms with E-state index in [4.69, 9.17) is 5.73 Å². The van der Waals surface area contributed by atoms with Crippen LogP contribution in [0.15, 0.2) is 18.2 Å². The molecule has 0 radical (unpaired) electrons. The Morgan fingerprint density at radius 2 is 2.11 bits per heavy atom. The standard InChI is InChI=1S/C15H21N3O/c1-11-2-3-12-4-5-15(14(16)19,13(12)10-11)18-8-6-17-7-9-18/h2-3,10,17H,4-9H2,1H3,(H2,16,19). The van der Waals surface area contributed by atoms with Crippen LogP contribution in [-0.4, -0.2) is 37.0 Å². The number of hydrogen-bond acceptors (Lipinski definition) is 3. The Labute approximate surface area is 114 Å². The summed E-state index contributed by atoms with van der Waals surface area (Å²) in [4.78, 5) is 14.5. The second-order valence-corrected chi connectivity index (χ2v) is 5.62. The fraction of sp³-hybridized carbons (Fsp3) is 0.533. The van der Waals surface area contributed by atoms with E-state index in [0.29, 0.717) is 0 Å². The highest BCUT2D eigenvalue weighted by atomic mass is 16.1. The lowest BCUT2D eigenvalue weighted by Gasteiger charge is -2.42. The molecule has 1 saturated heterocycles. The smallest absolute Gasteiger partial charge is 0.242 e. The SMILES string of the molecule is Cc1ccc2c(c1)C(C(N)=O)(N1CCNCC1)CC2. The number of piperazine rings is 1. The summed E-state index contributed by atoms with van der Waals surface area (Å²) in [6.07, 6.45) is 1.77. The zero-order chi connectivity index (χ0) is 13.5. The Hall–Kier alpha value is -1.39. The van der Waals surface area contributed by atoms with Gasteiger partial charge in [0.15, 0.2) is 0 Å². The number of nitrogens with two attached hydrogens (primary N) is 1. The zero-order valence-corrected chi connectivity index (χ0v) is 11.4. The van der Waals surface area contributed by atoms with E-state index in [-0.39, 0.29) is 5.91 Å². The maximum absolute atomic E-state index is 12.3. The van der Waals surface area contributed by atoms with Gasteiger partial charge in [0.05, 0.1) is 0 Å². The molecule has 3 rings (SSSR count). The molecule has 4 heteroatoms. The number of carbonyl (C=O) groups excluding carboxylic acids is 1. The lowest BCUT2D eigenvalue weighted by Crippen LogP contribution is -2.59. The maximum atomic E-state index is 12.3. The predicted octanol–water partition coefficient (Wildman–Crippen LogP) is 0.527. The van der Waals surface area contributed by atoms with Crippen molar-refractivity contribution in [2.45, 2.75) is 25.3 Å². The van der Waals surface area contributed by atoms with Gasteiger partial charge >= 0.3 is 0 Å². The number of hydrogen-bond donors (Lipinski definition) is 2. The Bertz CT molecular complexity index is 508. The first-order valence-corrected chi connectivity index (χ1v) is 7.00. The molecule has 1 unspecified atom stereocenters. The van der Waals surface area contributed by atoms with Crippen LogP contribution in [0.5, 0.6) is 0 Å². The van der Waals surface area contributed by atoms with Crippen molar-refractivity contribution < 1.29 is 4.79 Å². The van der Waals surface area contributed by atoms with Crippen LogP contribution in [0.25, 0.3) is 0 Å². The number of rotatable bonds is 2. The van der Waals surface area contributed by atoms with Crippen molar-refractivity contribution in [2.24, 2.45) is 5.73 Å². The maximum Gasteiger partial charge on any atom is 0.242 e. The fourth-order valence-corrected chi connectivity index (χ4v) is 3.53. The number of primary amides is 1. The van der Waals surface area contributed by atoms with Crippen molar-refractivity contribution in [1.29, 1.82) is 0 Å². The Morgan fingerprint density at radius 1 is 1.37 bits per heavy atom. The number of nitrogens with zero attached hydrogens (tertiary/aromatic N) is 1. The van der Waals surface area contributed by atoms with E-state index in [1.54, 1.807) is 0 Å². The van der Waals surface area contributed by atoms with Crippen LogP contribution in [0.3, 0.4) is 0 Å². The normalized spacial score (nSPS) is 27.2. The molecule has 1 aliphatic heterocycles. The minimum atomic E-state index is -0.580. The van der Waals surface area contributed by atoms with Gasteiger partial charge in [-0.05, 0) is 30.9 Å². The first kappa shape index (κ1) is 12.6. The quantitative estimate of drug-likeness (QED) is 0.814. The number of aryl methyl sites for hydroxylation is 2. The average molecular weight is 259 g/mol. The Morgan fingerprint density at radius 3 is 2.79 bits per heavy atom. The molecular formula is C15H21N3O. The topological polar surface area (TPSA) is 58.4 Å². The third-order valence-corrected chi connectivity index (χ3v) is 4.53. The summed E-state index contributed by atoms with van der Waals surface area (Å²) in [5, 5.41) is 3.34. The van der Waals surface area contributed by atoms with E-state index < -0.39 is 5.54 Å². The molecule has 2 aliphatic rings. The van der Waals surface area contributed by atoms with Crippen LogP contribution in [0.2, 0.25) is 0 Å². The number of nitrogens with one attached hydrogen (secondary N) is 1. The number of benzene rings is 1. The molecule has 1 heterocycles. The Balaban J connectivity index is 2.08. The summed E-state index contributed by atoms with van der Waals surface area (Å²) in [5.74, 6) is -0.196. The second kappa shape index (κ2) is 4.62. The molecule has 0 spiro atoms. The van der Waals surface area contributed by atoms with E-state index in [1.165, 1.54) is 11.1 Å². The highest BCUT2D eigenvalue weighted by Crippen LogP contribution is 2.42. The number of carbonyl (C=O) groups is 1. The zero-order valence-electron chi connectivity index (χ0n) is 11.4. The lowest BCUT2D eigenvalue weighted by molar-refractivity contribution is -0.131. The van der Waals surface area contributed by atoms with E-state index >= 15 is 0 Å². The summed E-state index contributed by atoms with van der Waals surface area (Å²) in [5.41, 5.74) is 8.86. The molecule has 0 aromatic heterocycles. The van der Waals surface area contributed by atoms with Crippen LogP contribution >= 0.6 is 0 Å². The average Bonchev–Trinajstić information content (AvgIpc) is 2.79. The third kappa shape index (κ3) is 1.86. The monoisotopic (exact) mass is 259 g/mol. The minimum Gasteiger partial charge on any atom is -0.368 e. The highest BCUT2D eigenvalue weighted by Gasteiger charge is 2.48. The van der Waals surface area contributed by atoms with Crippen molar-refractivity contribution in [3.8, 4) is 0 Å². The number of amides is 1. The van der Waals surface area contributed by atoms with Gasteiger partial charge in [0.25, 0.3) is 0 Å². The molecule has 0 saturated carbocycles. The summed E-state index contributed by atoms with van der Waals surface area (Å²) in [6.45, 7) is 5.70. The van der Waals surface area contributed by atoms with Crippen LogP contribution < -0.4 is 11.1 Å². The molecule has 4 nitrogen and oxygen atoms in total. The van der Waals surface area contributed by atoms with Crippen molar-refractivity contribution in [3.05, 3.63) is 34.9 Å². The number of fused-ring (bicyclic) bond motifs is 1. The molecule has 19 heavy (non-hydrogen) atoms. The van der Waals surface area contributed by atoms with Crippen molar-refractivity contribution >= 4 is 5.91 Å². The first-order valence-electron chi connectivity index (χ1n) is 7.00. The lowest BCUT2D eigenvalue weighted by atomic mass is 9.87. The van der Waals surface area contributed by atoms with E-state index in [9.17, 15) is 4.79 Å². The van der Waals surface area contributed by atoms with E-state index in [1.807, 2.05) is 0 Å². The van der Waals surface area contributed by atoms with Gasteiger partial charge in [0.1, 0.15) is 5.54 Å². The summed E-state index contributed by atoms with van der Waals surface area (Å²) < 4.78 is 0. The van der Waals surface area contributed by atoms with Crippen molar-refractivity contribution in [3.63, 3.8) is 0 Å². The molecule has 0 bridgehead atoms. The van der Waals surface area contributed by atoms with Crippen molar-refractivity contribution in [2.75, 3.05) is 26.2 Å². The van der Waals surface area contributed by atoms with Gasteiger partial charge in [0, 0.05) is 26.2 Å². The van der Waals surface area contributed by atoms with Crippen LogP contribution in [0.1, 0.15) is 23.1 Å². The summed E-state index contributed by atoms with van der Waals surface area (Å²) in [7, 11) is 0. The van der Waals surface area contributed by atoms with E-state index in [0.717, 1.165) is 44.6 Å². The predicted molar refractivity (Wildman–Crippen MR) is 74.8 cm³/mol. The van der Waals surface area contributed by atoms with Crippen LogP contribution in [0.4, 0.5) is 0 Å². The minimum absolute atomic E-state index is 0.196. The summed E-state index contributed by atoms with van der Waals surface area (Å²) in [6, 6.07) is 6.42. The van der Waals surface area contributed by atoms with E-state index in [2.05, 4.69) is 35.3 Å². The van der Waals surface area contributed by atoms with Gasteiger partial charge in [0.2, 0.25) is 5.91 Å². The van der Waals surface area contributed by atoms with Crippen LogP contribution in [-0.2, 0) is 16.8 Å². The molecule has 1 aromatic carbocycles. The molecular weight excluding hydrogens is 238 g/mol. The molecule has 1 fully saturated rings. The molecule has 3 N–H and O–H groups in total. The molecule has 1 atom stereocenters. The van der Waals surface area contributed by atoms with Gasteiger partial charge < -0.3 is 11.1 Å². The fourth-order valence-electron chi connectivity index (χ4n) is 3.53. The molecule has 1 amide bonds. The van der Waals surface area contributed by atoms with Gasteiger partial charge in [-0.1, -0.05) is 23.8 Å². The molecule has 1 aromatic rings. The third-order valence-electron chi connectivity index (χ3n) is 4.53. The summed E-state index contributed by atoms with van der Waals surface area (Å²) >= 11 is 0. The molecule has 1 aliphatic carbocycles. The second-order valence-electron chi connectivity index (χ2n) is 5.62. The van der Waals surface area contributed by atoms with Gasteiger partial charge in [-0.25, -0.2) is 0 Å². The molecule has 102 valence electrons. The van der Waals surface area contributed by atoms with Crippen LogP contribution in [0, 0.1) is 6.92 Å². The largest absolute Gasteiger partial charge is 0.368 e. The van der Waals surface area contributed by atoms with Crippen molar-refractivity contribution in [1.82, 2.24) is 10.2 Å².